The first kappa shape index (κ1) is 16.5. The predicted octanol–water partition coefficient (Wildman–Crippen LogP) is 1.24. The number of hydrogen-bond acceptors (Lipinski definition) is 4. The van der Waals surface area contributed by atoms with Gasteiger partial charge in [-0.25, -0.2) is 0 Å². The van der Waals surface area contributed by atoms with Crippen LogP contribution in [-0.2, 0) is 13.4 Å². The molecule has 0 saturated carbocycles. The second-order valence-electron chi connectivity index (χ2n) is 3.51. The molecule has 0 aliphatic heterocycles. The van der Waals surface area contributed by atoms with Crippen LogP contribution in [0.1, 0.15) is 25.0 Å². The molecule has 0 aliphatic rings. The van der Waals surface area contributed by atoms with Gasteiger partial charge in [-0.05, 0) is 0 Å². The molecule has 0 amide bonds. The molecule has 9 heteroatoms. The second kappa shape index (κ2) is 6.23. The van der Waals surface area contributed by atoms with Gasteiger partial charge in [0.25, 0.3) is 0 Å². The molecule has 1 aromatic carbocycles. The fourth-order valence-electron chi connectivity index (χ4n) is 1.17. The van der Waals surface area contributed by atoms with Crippen molar-refractivity contribution in [1.82, 2.24) is 0 Å². The van der Waals surface area contributed by atoms with Crippen LogP contribution in [0.25, 0.3) is 0 Å². The fourth-order valence-corrected chi connectivity index (χ4v) is 3.83. The van der Waals surface area contributed by atoms with Gasteiger partial charge >= 0.3 is 115 Å². The van der Waals surface area contributed by atoms with Gasteiger partial charge in [0.05, 0.1) is 0 Å². The van der Waals surface area contributed by atoms with Crippen LogP contribution >= 0.6 is 0 Å². The molecule has 1 rings (SSSR count). The molecule has 1 aromatic rings. The molecule has 0 radical (unpaired) electrons. The minimum absolute atomic E-state index is 0.261. The van der Waals surface area contributed by atoms with Gasteiger partial charge in [-0.1, -0.05) is 0 Å². The molecule has 0 aromatic heterocycles. The maximum atomic E-state index is 12.1. The normalized spacial score (nSPS) is 14.4. The van der Waals surface area contributed by atoms with E-state index in [9.17, 15) is 26.7 Å². The number of hydrogen-bond donors (Lipinski definition) is 1. The van der Waals surface area contributed by atoms with Crippen molar-refractivity contribution >= 4 is 29.9 Å². The van der Waals surface area contributed by atoms with Crippen molar-refractivity contribution in [3.05, 3.63) is 29.8 Å². The second-order valence-corrected chi connectivity index (χ2v) is 7.15. The van der Waals surface area contributed by atoms with Gasteiger partial charge in [-0.15, -0.1) is 0 Å². The summed E-state index contributed by atoms with van der Waals surface area (Å²) in [7, 11) is -5.60. The summed E-state index contributed by atoms with van der Waals surface area (Å²) in [4.78, 5) is 0. The third-order valence-corrected chi connectivity index (χ3v) is 5.69. The van der Waals surface area contributed by atoms with Crippen LogP contribution in [0.3, 0.4) is 0 Å². The minimum atomic E-state index is -5.60. The first-order valence-electron chi connectivity index (χ1n) is 5.13. The summed E-state index contributed by atoms with van der Waals surface area (Å²) in [6, 6.07) is 6.09. The SMILES string of the molecule is CC[C@H](O)c1ccccc1[Se]OS(=O)(=O)C(F)(F)F. The molecule has 0 aliphatic carbocycles. The van der Waals surface area contributed by atoms with Crippen LogP contribution in [-0.4, -0.2) is 34.3 Å². The van der Waals surface area contributed by atoms with Crippen molar-refractivity contribution in [2.75, 3.05) is 0 Å². The zero-order valence-corrected chi connectivity index (χ0v) is 12.2. The number of halogens is 3. The van der Waals surface area contributed by atoms with Crippen molar-refractivity contribution in [3.8, 4) is 0 Å². The van der Waals surface area contributed by atoms with E-state index in [1.807, 2.05) is 0 Å². The number of alkyl halides is 3. The van der Waals surface area contributed by atoms with E-state index in [-0.39, 0.29) is 4.46 Å². The summed E-state index contributed by atoms with van der Waals surface area (Å²) in [5.41, 5.74) is -5.06. The Morgan fingerprint density at radius 3 is 2.47 bits per heavy atom. The van der Waals surface area contributed by atoms with E-state index in [0.717, 1.165) is 0 Å². The van der Waals surface area contributed by atoms with Gasteiger partial charge < -0.3 is 0 Å². The average molecular weight is 363 g/mol. The average Bonchev–Trinajstić information content (AvgIpc) is 2.34. The summed E-state index contributed by atoms with van der Waals surface area (Å²) in [5.74, 6) is 0. The van der Waals surface area contributed by atoms with Crippen LogP contribution in [0, 0.1) is 0 Å². The van der Waals surface area contributed by atoms with Gasteiger partial charge in [-0.3, -0.25) is 0 Å². The molecular weight excluding hydrogens is 352 g/mol. The molecular formula is C10H11F3O4SSe. The molecule has 0 saturated heterocycles. The van der Waals surface area contributed by atoms with E-state index in [0.29, 0.717) is 12.0 Å². The standard InChI is InChI=1S/C10H11F3O4SSe/c1-2-8(14)7-5-3-4-6-9(7)19-17-18(15,16)10(11,12)13/h3-6,8,14H,2H2,1H3/t8-/m0/s1. The van der Waals surface area contributed by atoms with Crippen molar-refractivity contribution < 1.29 is 30.0 Å². The Balaban J connectivity index is 2.91. The first-order chi connectivity index (χ1) is 8.69. The van der Waals surface area contributed by atoms with Crippen molar-refractivity contribution in [2.45, 2.75) is 25.0 Å². The summed E-state index contributed by atoms with van der Waals surface area (Å²) in [6.45, 7) is 1.70. The molecule has 0 unspecified atom stereocenters. The van der Waals surface area contributed by atoms with E-state index in [1.165, 1.54) is 18.2 Å². The Morgan fingerprint density at radius 2 is 1.95 bits per heavy atom. The fraction of sp³-hybridized carbons (Fsp3) is 0.400. The van der Waals surface area contributed by atoms with E-state index in [4.69, 9.17) is 0 Å². The topological polar surface area (TPSA) is 63.6 Å². The van der Waals surface area contributed by atoms with E-state index >= 15 is 0 Å². The number of aliphatic hydroxyl groups excluding tert-OH is 1. The molecule has 0 bridgehead atoms. The van der Waals surface area contributed by atoms with Crippen LogP contribution in [0.5, 0.6) is 0 Å². The molecule has 0 heterocycles. The molecule has 108 valence electrons. The molecule has 1 atom stereocenters. The van der Waals surface area contributed by atoms with E-state index in [2.05, 4.69) is 3.27 Å². The summed E-state index contributed by atoms with van der Waals surface area (Å²) in [5, 5.41) is 9.68. The first-order valence-corrected chi connectivity index (χ1v) is 8.10. The van der Waals surface area contributed by atoms with Crippen LogP contribution < -0.4 is 4.46 Å². The van der Waals surface area contributed by atoms with Crippen molar-refractivity contribution in [3.63, 3.8) is 0 Å². The summed E-state index contributed by atoms with van der Waals surface area (Å²) in [6.07, 6.45) is -0.505. The molecule has 4 nitrogen and oxygen atoms in total. The zero-order valence-electron chi connectivity index (χ0n) is 9.72. The zero-order chi connectivity index (χ0) is 14.7. The quantitative estimate of drug-likeness (QED) is 0.632. The van der Waals surface area contributed by atoms with Crippen molar-refractivity contribution in [2.24, 2.45) is 0 Å². The van der Waals surface area contributed by atoms with Gasteiger partial charge in [0.15, 0.2) is 0 Å². The Kier molecular flexibility index (Phi) is 5.40. The summed E-state index contributed by atoms with van der Waals surface area (Å²) < 4.78 is 62.2. The Bertz CT molecular complexity index is 530. The third-order valence-electron chi connectivity index (χ3n) is 2.16. The van der Waals surface area contributed by atoms with Crippen LogP contribution in [0.15, 0.2) is 24.3 Å². The Hall–Kier alpha value is -0.601. The third kappa shape index (κ3) is 4.19. The van der Waals surface area contributed by atoms with Crippen LogP contribution in [0.2, 0.25) is 0 Å². The van der Waals surface area contributed by atoms with E-state index < -0.39 is 37.0 Å². The molecule has 19 heavy (non-hydrogen) atoms. The van der Waals surface area contributed by atoms with Crippen LogP contribution in [0.4, 0.5) is 13.2 Å². The molecule has 0 spiro atoms. The summed E-state index contributed by atoms with van der Waals surface area (Å²) >= 11 is -1.39. The van der Waals surface area contributed by atoms with Gasteiger partial charge in [-0.2, -0.15) is 0 Å². The van der Waals surface area contributed by atoms with Gasteiger partial charge in [0.1, 0.15) is 0 Å². The molecule has 1 N–H and O–H groups in total. The predicted molar refractivity (Wildman–Crippen MR) is 63.1 cm³/mol. The number of rotatable bonds is 5. The maximum absolute atomic E-state index is 12.1. The van der Waals surface area contributed by atoms with Gasteiger partial charge in [0.2, 0.25) is 0 Å². The monoisotopic (exact) mass is 364 g/mol. The number of benzene rings is 1. The van der Waals surface area contributed by atoms with Crippen molar-refractivity contribution in [1.29, 1.82) is 0 Å². The number of aliphatic hydroxyl groups is 1. The molecule has 0 fully saturated rings. The van der Waals surface area contributed by atoms with E-state index in [1.54, 1.807) is 13.0 Å². The van der Waals surface area contributed by atoms with Gasteiger partial charge in [0, 0.05) is 0 Å². The Labute approximate surface area is 115 Å². The Morgan fingerprint density at radius 1 is 1.37 bits per heavy atom.